The lowest BCUT2D eigenvalue weighted by molar-refractivity contribution is 0.00240. The fourth-order valence-electron chi connectivity index (χ4n) is 4.04. The number of hydrogen-bond donors (Lipinski definition) is 0. The number of aryl methyl sites for hydroxylation is 1. The van der Waals surface area contributed by atoms with Crippen molar-refractivity contribution < 1.29 is 28.5 Å². The smallest absolute Gasteiger partial charge is 0.340 e. The third-order valence-corrected chi connectivity index (χ3v) is 5.60. The Bertz CT molecular complexity index is 1340. The van der Waals surface area contributed by atoms with E-state index in [0.717, 1.165) is 28.0 Å². The lowest BCUT2D eigenvalue weighted by atomic mass is 10.2. The summed E-state index contributed by atoms with van der Waals surface area (Å²) in [4.78, 5) is 25.8. The Hall–Kier alpha value is -3.62. The molecule has 8 heteroatoms. The maximum absolute atomic E-state index is 12.9. The second kappa shape index (κ2) is 9.09. The van der Waals surface area contributed by atoms with Gasteiger partial charge in [-0.3, -0.25) is 0 Å². The molecule has 0 saturated heterocycles. The fourth-order valence-corrected chi connectivity index (χ4v) is 4.04. The molecule has 0 aliphatic carbocycles. The van der Waals surface area contributed by atoms with Crippen LogP contribution in [0.4, 0.5) is 0 Å². The molecule has 0 fully saturated rings. The normalized spacial score (nSPS) is 16.3. The number of fused-ring (bicyclic) bond motifs is 11. The summed E-state index contributed by atoms with van der Waals surface area (Å²) in [7, 11) is 0. The quantitative estimate of drug-likeness (QED) is 0.383. The summed E-state index contributed by atoms with van der Waals surface area (Å²) in [6.07, 6.45) is 3.80. The summed E-state index contributed by atoms with van der Waals surface area (Å²) in [6.45, 7) is 3.53. The van der Waals surface area contributed by atoms with Gasteiger partial charge < -0.3 is 27.7 Å². The number of esters is 2. The molecule has 0 atom stereocenters. The van der Waals surface area contributed by atoms with E-state index in [4.69, 9.17) is 18.9 Å². The molecule has 4 aromatic heterocycles. The molecule has 8 nitrogen and oxygen atoms in total. The van der Waals surface area contributed by atoms with Gasteiger partial charge in [-0.25, -0.2) is 9.59 Å². The van der Waals surface area contributed by atoms with Gasteiger partial charge in [-0.2, -0.15) is 0 Å². The molecule has 1 aliphatic rings. The largest absolute Gasteiger partial charge is 0.460 e. The van der Waals surface area contributed by atoms with Crippen molar-refractivity contribution in [1.29, 1.82) is 0 Å². The third-order valence-electron chi connectivity index (χ3n) is 5.60. The summed E-state index contributed by atoms with van der Waals surface area (Å²) in [5, 5.41) is 0. The van der Waals surface area contributed by atoms with Crippen molar-refractivity contribution in [3.8, 4) is 11.4 Å². The predicted molar refractivity (Wildman–Crippen MR) is 121 cm³/mol. The Kier molecular flexibility index (Phi) is 5.85. The van der Waals surface area contributed by atoms with E-state index in [-0.39, 0.29) is 26.4 Å². The summed E-state index contributed by atoms with van der Waals surface area (Å²) >= 11 is 0. The van der Waals surface area contributed by atoms with Crippen LogP contribution in [0.3, 0.4) is 0 Å². The Morgan fingerprint density at radius 2 is 1.24 bits per heavy atom. The molecule has 0 aromatic carbocycles. The Labute approximate surface area is 190 Å². The minimum atomic E-state index is -0.428. The molecule has 5 rings (SSSR count). The van der Waals surface area contributed by atoms with Gasteiger partial charge in [0.2, 0.25) is 0 Å². The zero-order valence-corrected chi connectivity index (χ0v) is 18.3. The average molecular weight is 448 g/mol. The first-order valence-corrected chi connectivity index (χ1v) is 10.9. The van der Waals surface area contributed by atoms with Crippen molar-refractivity contribution in [3.05, 3.63) is 71.5 Å². The molecule has 5 heterocycles. The first kappa shape index (κ1) is 21.2. The van der Waals surface area contributed by atoms with E-state index in [0.29, 0.717) is 24.3 Å². The maximum atomic E-state index is 12.9. The number of cyclic esters (lactones) is 2. The first-order chi connectivity index (χ1) is 16.1. The SMILES string of the molecule is Cc1ccn2c3cc(c2c1)C(=O)OCCOCCOCCOC(=O)c1cc-3n2ccccc12. The van der Waals surface area contributed by atoms with Crippen LogP contribution in [0, 0.1) is 6.92 Å². The summed E-state index contributed by atoms with van der Waals surface area (Å²) in [5.41, 5.74) is 4.89. The summed E-state index contributed by atoms with van der Waals surface area (Å²) in [6, 6.07) is 13.2. The molecule has 1 aliphatic heterocycles. The van der Waals surface area contributed by atoms with Crippen molar-refractivity contribution in [1.82, 2.24) is 8.80 Å². The van der Waals surface area contributed by atoms with Gasteiger partial charge in [-0.05, 0) is 48.9 Å². The van der Waals surface area contributed by atoms with Gasteiger partial charge in [-0.1, -0.05) is 6.07 Å². The highest BCUT2D eigenvalue weighted by atomic mass is 16.6. The number of carbonyl (C=O) groups excluding carboxylic acids is 2. The van der Waals surface area contributed by atoms with Crippen molar-refractivity contribution in [2.24, 2.45) is 0 Å². The van der Waals surface area contributed by atoms with Crippen molar-refractivity contribution >= 4 is 23.0 Å². The van der Waals surface area contributed by atoms with Crippen LogP contribution >= 0.6 is 0 Å². The Morgan fingerprint density at radius 1 is 0.667 bits per heavy atom. The lowest BCUT2D eigenvalue weighted by Crippen LogP contribution is -2.15. The van der Waals surface area contributed by atoms with Gasteiger partial charge in [-0.15, -0.1) is 0 Å². The van der Waals surface area contributed by atoms with Crippen LogP contribution in [0.1, 0.15) is 26.3 Å². The standard InChI is InChI=1S/C25H24N2O6/c1-17-5-7-27-21(14-17)19-16-23(27)22-15-18(20-4-2-3-6-26(20)22)24(28)32-12-10-30-8-9-31-11-13-33-25(19)29/h2-7,14-16H,8-13H2,1H3. The molecule has 0 spiro atoms. The van der Waals surface area contributed by atoms with E-state index in [1.54, 1.807) is 12.1 Å². The molecule has 0 saturated carbocycles. The topological polar surface area (TPSA) is 79.9 Å². The van der Waals surface area contributed by atoms with Crippen LogP contribution in [0.25, 0.3) is 22.4 Å². The van der Waals surface area contributed by atoms with Gasteiger partial charge >= 0.3 is 11.9 Å². The van der Waals surface area contributed by atoms with Crippen LogP contribution in [-0.2, 0) is 18.9 Å². The molecule has 4 bridgehead atoms. The van der Waals surface area contributed by atoms with Gasteiger partial charge in [0.25, 0.3) is 0 Å². The number of aromatic nitrogens is 2. The van der Waals surface area contributed by atoms with Gasteiger partial charge in [0, 0.05) is 12.4 Å². The molecular weight excluding hydrogens is 424 g/mol. The maximum Gasteiger partial charge on any atom is 0.340 e. The number of pyridine rings is 2. The van der Waals surface area contributed by atoms with Crippen LogP contribution < -0.4 is 0 Å². The highest BCUT2D eigenvalue weighted by Crippen LogP contribution is 2.31. The molecule has 0 N–H and O–H groups in total. The van der Waals surface area contributed by atoms with E-state index >= 15 is 0 Å². The number of ether oxygens (including phenoxy) is 4. The summed E-state index contributed by atoms with van der Waals surface area (Å²) in [5.74, 6) is -0.854. The molecule has 0 unspecified atom stereocenters. The second-order valence-corrected chi connectivity index (χ2v) is 7.80. The number of carbonyl (C=O) groups is 2. The van der Waals surface area contributed by atoms with E-state index < -0.39 is 11.9 Å². The minimum Gasteiger partial charge on any atom is -0.460 e. The van der Waals surface area contributed by atoms with Gasteiger partial charge in [0.1, 0.15) is 13.2 Å². The van der Waals surface area contributed by atoms with Crippen molar-refractivity contribution in [3.63, 3.8) is 0 Å². The van der Waals surface area contributed by atoms with E-state index in [1.165, 1.54) is 0 Å². The van der Waals surface area contributed by atoms with Gasteiger partial charge in [0.05, 0.1) is 60.0 Å². The summed E-state index contributed by atoms with van der Waals surface area (Å²) < 4.78 is 25.7. The molecule has 0 amide bonds. The first-order valence-electron chi connectivity index (χ1n) is 10.9. The minimum absolute atomic E-state index is 0.146. The van der Waals surface area contributed by atoms with Gasteiger partial charge in [0.15, 0.2) is 0 Å². The number of nitrogens with zero attached hydrogens (tertiary/aromatic N) is 2. The second-order valence-electron chi connectivity index (χ2n) is 7.80. The Morgan fingerprint density at radius 3 is 1.91 bits per heavy atom. The van der Waals surface area contributed by atoms with Crippen LogP contribution in [0.2, 0.25) is 0 Å². The lowest BCUT2D eigenvalue weighted by Gasteiger charge is -2.08. The molecule has 33 heavy (non-hydrogen) atoms. The third kappa shape index (κ3) is 4.10. The molecule has 170 valence electrons. The monoisotopic (exact) mass is 448 g/mol. The van der Waals surface area contributed by atoms with E-state index in [1.807, 2.05) is 58.5 Å². The van der Waals surface area contributed by atoms with Crippen molar-refractivity contribution in [2.75, 3.05) is 39.6 Å². The molecule has 0 radical (unpaired) electrons. The highest BCUT2D eigenvalue weighted by Gasteiger charge is 2.23. The zero-order valence-electron chi connectivity index (χ0n) is 18.3. The fraction of sp³-hybridized carbons (Fsp3) is 0.280. The number of rotatable bonds is 0. The highest BCUT2D eigenvalue weighted by molar-refractivity contribution is 6.02. The zero-order chi connectivity index (χ0) is 22.8. The molecule has 4 aromatic rings. The van der Waals surface area contributed by atoms with E-state index in [2.05, 4.69) is 0 Å². The predicted octanol–water partition coefficient (Wildman–Crippen LogP) is 3.53. The average Bonchev–Trinajstić information content (AvgIpc) is 3.38. The van der Waals surface area contributed by atoms with Crippen LogP contribution in [0.15, 0.2) is 54.9 Å². The van der Waals surface area contributed by atoms with E-state index in [9.17, 15) is 9.59 Å². The van der Waals surface area contributed by atoms with Crippen LogP contribution in [0.5, 0.6) is 0 Å². The van der Waals surface area contributed by atoms with Crippen molar-refractivity contribution in [2.45, 2.75) is 6.92 Å². The van der Waals surface area contributed by atoms with Crippen LogP contribution in [-0.4, -0.2) is 60.4 Å². The number of hydrogen-bond acceptors (Lipinski definition) is 6. The Balaban J connectivity index is 1.67. The molecular formula is C25H24N2O6.